The molecule has 0 aliphatic heterocycles. The number of rotatable bonds is 28. The van der Waals surface area contributed by atoms with Crippen LogP contribution in [0.2, 0.25) is 0 Å². The van der Waals surface area contributed by atoms with Crippen molar-refractivity contribution in [2.75, 3.05) is 6.61 Å². The summed E-state index contributed by atoms with van der Waals surface area (Å²) >= 11 is 0. The van der Waals surface area contributed by atoms with Crippen molar-refractivity contribution in [1.82, 2.24) is 0 Å². The Morgan fingerprint density at radius 2 is 0.771 bits per heavy atom. The van der Waals surface area contributed by atoms with E-state index in [2.05, 4.69) is 18.0 Å². The molecule has 0 aromatic rings. The molecule has 1 unspecified atom stereocenters. The maximum absolute atomic E-state index is 10.9. The van der Waals surface area contributed by atoms with Crippen molar-refractivity contribution in [3.8, 4) is 0 Å². The Hall–Kier alpha value is 0.870. The number of hydrogen-bond donors (Lipinski definition) is 0. The minimum absolute atomic E-state index is 0. The van der Waals surface area contributed by atoms with Gasteiger partial charge in [0.2, 0.25) is 10.4 Å². The standard InChI is InChI=1S/C29H60O4S.Na/c1-3-5-7-9-11-12-13-14-15-16-17-18-19-21-23-25-27-29(28-33-34(30,31)32)26-24-22-20-10-8-6-4-2;/h29H,3-28H2,1-2H3,(H,30,31,32);/q;+1/p-1. The second-order valence-electron chi connectivity index (χ2n) is 10.6. The van der Waals surface area contributed by atoms with E-state index in [4.69, 9.17) is 0 Å². The van der Waals surface area contributed by atoms with Crippen LogP contribution in [0.3, 0.4) is 0 Å². The minimum Gasteiger partial charge on any atom is -0.726 e. The fourth-order valence-electron chi connectivity index (χ4n) is 4.86. The van der Waals surface area contributed by atoms with Crippen molar-refractivity contribution in [2.24, 2.45) is 5.92 Å². The summed E-state index contributed by atoms with van der Waals surface area (Å²) in [6.07, 6.45) is 32.4. The Balaban J connectivity index is 0. The number of unbranched alkanes of at least 4 members (excludes halogenated alkanes) is 21. The Bertz CT molecular complexity index is 499. The van der Waals surface area contributed by atoms with Crippen LogP contribution >= 0.6 is 0 Å². The van der Waals surface area contributed by atoms with Crippen molar-refractivity contribution in [1.29, 1.82) is 0 Å². The van der Waals surface area contributed by atoms with Crippen molar-refractivity contribution in [3.05, 3.63) is 0 Å². The zero-order valence-electron chi connectivity index (χ0n) is 24.0. The SMILES string of the molecule is CCCCCCCCCCCCCCCCCCC(CCCCCCCCC)COS(=O)(=O)[O-].[Na+]. The third-order valence-corrected chi connectivity index (χ3v) is 7.55. The van der Waals surface area contributed by atoms with Gasteiger partial charge in [-0.1, -0.05) is 162 Å². The van der Waals surface area contributed by atoms with E-state index < -0.39 is 10.4 Å². The van der Waals surface area contributed by atoms with E-state index in [1.165, 1.54) is 135 Å². The Labute approximate surface area is 242 Å². The molecule has 0 bridgehead atoms. The summed E-state index contributed by atoms with van der Waals surface area (Å²) in [5.41, 5.74) is 0. The molecule has 6 heteroatoms. The minimum atomic E-state index is -4.58. The van der Waals surface area contributed by atoms with Crippen LogP contribution in [0.15, 0.2) is 0 Å². The first-order chi connectivity index (χ1) is 16.5. The molecular formula is C29H59NaO4S. The van der Waals surface area contributed by atoms with Gasteiger partial charge in [-0.3, -0.25) is 4.18 Å². The first kappa shape index (κ1) is 38.0. The molecule has 0 aromatic heterocycles. The first-order valence-electron chi connectivity index (χ1n) is 15.1. The molecule has 0 amide bonds. The first-order valence-corrected chi connectivity index (χ1v) is 16.4. The summed E-state index contributed by atoms with van der Waals surface area (Å²) in [6, 6.07) is 0. The van der Waals surface area contributed by atoms with Crippen LogP contribution in [0.4, 0.5) is 0 Å². The molecule has 0 rings (SSSR count). The quantitative estimate of drug-likeness (QED) is 0.0482. The molecule has 0 aromatic carbocycles. The molecule has 0 aliphatic carbocycles. The average Bonchev–Trinajstić information content (AvgIpc) is 2.80. The predicted octanol–water partition coefficient (Wildman–Crippen LogP) is 6.88. The molecular weight excluding hydrogens is 467 g/mol. The normalized spacial score (nSPS) is 12.5. The van der Waals surface area contributed by atoms with Gasteiger partial charge in [-0.2, -0.15) is 0 Å². The predicted molar refractivity (Wildman–Crippen MR) is 146 cm³/mol. The van der Waals surface area contributed by atoms with Crippen molar-refractivity contribution in [3.63, 3.8) is 0 Å². The summed E-state index contributed by atoms with van der Waals surface area (Å²) < 4.78 is 37.2. The molecule has 4 nitrogen and oxygen atoms in total. The van der Waals surface area contributed by atoms with E-state index in [1.54, 1.807) is 0 Å². The van der Waals surface area contributed by atoms with Crippen LogP contribution in [0.25, 0.3) is 0 Å². The summed E-state index contributed by atoms with van der Waals surface area (Å²) in [5, 5.41) is 0. The van der Waals surface area contributed by atoms with Gasteiger partial charge in [0.1, 0.15) is 0 Å². The van der Waals surface area contributed by atoms with Gasteiger partial charge in [-0.25, -0.2) is 8.42 Å². The third kappa shape index (κ3) is 32.8. The van der Waals surface area contributed by atoms with E-state index >= 15 is 0 Å². The van der Waals surface area contributed by atoms with Gasteiger partial charge in [0, 0.05) is 0 Å². The Morgan fingerprint density at radius 3 is 1.03 bits per heavy atom. The summed E-state index contributed by atoms with van der Waals surface area (Å²) in [5.74, 6) is 0.200. The molecule has 0 aliphatic rings. The maximum Gasteiger partial charge on any atom is 1.00 e. The topological polar surface area (TPSA) is 66.4 Å². The van der Waals surface area contributed by atoms with E-state index in [1.807, 2.05) is 0 Å². The summed E-state index contributed by atoms with van der Waals surface area (Å²) in [6.45, 7) is 4.58. The monoisotopic (exact) mass is 526 g/mol. The molecule has 0 saturated heterocycles. The van der Waals surface area contributed by atoms with Crippen LogP contribution in [0, 0.1) is 5.92 Å². The smallest absolute Gasteiger partial charge is 0.726 e. The maximum atomic E-state index is 10.9. The van der Waals surface area contributed by atoms with E-state index in [0.717, 1.165) is 25.7 Å². The number of hydrogen-bond acceptors (Lipinski definition) is 4. The van der Waals surface area contributed by atoms with Crippen LogP contribution < -0.4 is 29.6 Å². The zero-order valence-corrected chi connectivity index (χ0v) is 26.8. The van der Waals surface area contributed by atoms with E-state index in [-0.39, 0.29) is 42.1 Å². The van der Waals surface area contributed by atoms with Gasteiger partial charge in [-0.05, 0) is 18.8 Å². The van der Waals surface area contributed by atoms with Gasteiger partial charge in [0.25, 0.3) is 0 Å². The van der Waals surface area contributed by atoms with Crippen LogP contribution in [-0.2, 0) is 14.6 Å². The average molecular weight is 527 g/mol. The molecule has 0 fully saturated rings. The molecule has 0 spiro atoms. The van der Waals surface area contributed by atoms with Gasteiger partial charge in [-0.15, -0.1) is 0 Å². The molecule has 0 radical (unpaired) electrons. The van der Waals surface area contributed by atoms with Crippen LogP contribution in [0.1, 0.15) is 174 Å². The van der Waals surface area contributed by atoms with E-state index in [0.29, 0.717) is 0 Å². The molecule has 0 heterocycles. The molecule has 0 N–H and O–H groups in total. The molecule has 206 valence electrons. The second-order valence-corrected chi connectivity index (χ2v) is 11.6. The summed E-state index contributed by atoms with van der Waals surface area (Å²) in [7, 11) is -4.58. The molecule has 1 atom stereocenters. The van der Waals surface area contributed by atoms with E-state index in [9.17, 15) is 13.0 Å². The molecule has 35 heavy (non-hydrogen) atoms. The molecule has 0 saturated carbocycles. The largest absolute Gasteiger partial charge is 1.00 e. The van der Waals surface area contributed by atoms with Crippen molar-refractivity contribution in [2.45, 2.75) is 174 Å². The Morgan fingerprint density at radius 1 is 0.514 bits per heavy atom. The van der Waals surface area contributed by atoms with Gasteiger partial charge < -0.3 is 4.55 Å². The second kappa shape index (κ2) is 29.4. The fourth-order valence-corrected chi connectivity index (χ4v) is 5.22. The van der Waals surface area contributed by atoms with Gasteiger partial charge in [0.15, 0.2) is 0 Å². The fraction of sp³-hybridized carbons (Fsp3) is 1.00. The van der Waals surface area contributed by atoms with Crippen molar-refractivity contribution >= 4 is 10.4 Å². The van der Waals surface area contributed by atoms with Crippen LogP contribution in [-0.4, -0.2) is 19.6 Å². The van der Waals surface area contributed by atoms with Crippen LogP contribution in [0.5, 0.6) is 0 Å². The zero-order chi connectivity index (χ0) is 25.2. The Kier molecular flexibility index (Phi) is 32.0. The summed E-state index contributed by atoms with van der Waals surface area (Å²) in [4.78, 5) is 0. The third-order valence-electron chi connectivity index (χ3n) is 7.13. The van der Waals surface area contributed by atoms with Crippen molar-refractivity contribution < 1.29 is 46.7 Å². The van der Waals surface area contributed by atoms with Gasteiger partial charge in [0.05, 0.1) is 6.61 Å². The van der Waals surface area contributed by atoms with Gasteiger partial charge >= 0.3 is 29.6 Å².